The van der Waals surface area contributed by atoms with Crippen molar-refractivity contribution in [3.63, 3.8) is 0 Å². The van der Waals surface area contributed by atoms with Crippen molar-refractivity contribution < 1.29 is 62.4 Å². The molecule has 4 rings (SSSR count). The Balaban J connectivity index is 1.48. The van der Waals surface area contributed by atoms with Gasteiger partial charge in [0, 0.05) is 12.1 Å². The fraction of sp³-hybridized carbons (Fsp3) is 0.615. The average molecular weight is 731 g/mol. The second-order valence-corrected chi connectivity index (χ2v) is 14.7. The van der Waals surface area contributed by atoms with Gasteiger partial charge in [-0.2, -0.15) is 9.78 Å². The van der Waals surface area contributed by atoms with E-state index in [4.69, 9.17) is 48.0 Å². The van der Waals surface area contributed by atoms with Crippen LogP contribution < -0.4 is 18.9 Å². The molecule has 13 nitrogen and oxygen atoms in total. The smallest absolute Gasteiger partial charge is 0.497 e. The standard InChI is InChI=1S/C39H54O13/c1-23(2)25-15-17-38(5,33(19-25)49-51-35(40)29-13-11-27(43-7)21-31(29)45-9)47-37(42)48-39(6)18-16-26(24(3)4)20-34(39)50-52-36(41)30-14-12-28(44-8)22-32(30)46-10/h11-14,21-26,33-34H,15-20H2,1-10H3. The molecule has 0 N–H and O–H groups in total. The van der Waals surface area contributed by atoms with Crippen LogP contribution in [0.5, 0.6) is 23.0 Å². The largest absolute Gasteiger partial charge is 0.509 e. The van der Waals surface area contributed by atoms with Crippen molar-refractivity contribution in [1.29, 1.82) is 0 Å². The number of benzene rings is 2. The van der Waals surface area contributed by atoms with Gasteiger partial charge in [-0.3, -0.25) is 9.78 Å². The van der Waals surface area contributed by atoms with E-state index in [-0.39, 0.29) is 34.5 Å². The van der Waals surface area contributed by atoms with Crippen LogP contribution >= 0.6 is 0 Å². The molecule has 2 saturated carbocycles. The first-order valence-electron chi connectivity index (χ1n) is 17.8. The number of methoxy groups -OCH3 is 4. The second kappa shape index (κ2) is 17.5. The Labute approximate surface area is 306 Å². The molecule has 2 aromatic rings. The van der Waals surface area contributed by atoms with Crippen LogP contribution in [0.3, 0.4) is 0 Å². The minimum Gasteiger partial charge on any atom is -0.497 e. The second-order valence-electron chi connectivity index (χ2n) is 14.7. The van der Waals surface area contributed by atoms with Crippen LogP contribution in [0.25, 0.3) is 0 Å². The van der Waals surface area contributed by atoms with Crippen molar-refractivity contribution in [1.82, 2.24) is 0 Å². The lowest BCUT2D eigenvalue weighted by atomic mass is 9.73. The van der Waals surface area contributed by atoms with Gasteiger partial charge in [-0.05, 0) is 100 Å². The molecule has 0 spiro atoms. The predicted octanol–water partition coefficient (Wildman–Crippen LogP) is 7.92. The molecule has 13 heteroatoms. The predicted molar refractivity (Wildman–Crippen MR) is 188 cm³/mol. The van der Waals surface area contributed by atoms with E-state index in [0.717, 1.165) is 12.8 Å². The Morgan fingerprint density at radius 2 is 1.00 bits per heavy atom. The fourth-order valence-corrected chi connectivity index (χ4v) is 6.91. The van der Waals surface area contributed by atoms with Crippen molar-refractivity contribution >= 4 is 18.1 Å². The van der Waals surface area contributed by atoms with Crippen molar-refractivity contribution in [2.45, 2.75) is 103 Å². The molecule has 0 aromatic heterocycles. The highest BCUT2D eigenvalue weighted by molar-refractivity contribution is 5.93. The van der Waals surface area contributed by atoms with E-state index in [1.165, 1.54) is 40.6 Å². The van der Waals surface area contributed by atoms with E-state index in [0.29, 0.717) is 49.0 Å². The molecule has 2 aromatic carbocycles. The number of carbonyl (C=O) groups excluding carboxylic acids is 3. The SMILES string of the molecule is COc1ccc(C(=O)OOC2CC(C(C)C)CCC2(C)OC(=O)OC2(C)CCC(C(C)C)CC2OOC(=O)c2ccc(OC)cc2OC)c(OC)c1. The van der Waals surface area contributed by atoms with Gasteiger partial charge in [-0.15, -0.1) is 0 Å². The summed E-state index contributed by atoms with van der Waals surface area (Å²) < 4.78 is 33.3. The van der Waals surface area contributed by atoms with Gasteiger partial charge in [0.25, 0.3) is 0 Å². The fourth-order valence-electron chi connectivity index (χ4n) is 6.91. The Hall–Kier alpha value is -4.23. The Kier molecular flexibility index (Phi) is 13.7. The molecule has 2 aliphatic carbocycles. The molecular weight excluding hydrogens is 676 g/mol. The Morgan fingerprint density at radius 1 is 0.615 bits per heavy atom. The van der Waals surface area contributed by atoms with Crippen LogP contribution in [-0.2, 0) is 29.0 Å². The van der Waals surface area contributed by atoms with Gasteiger partial charge in [0.15, 0.2) is 0 Å². The molecule has 0 amide bonds. The lowest BCUT2D eigenvalue weighted by molar-refractivity contribution is -0.327. The summed E-state index contributed by atoms with van der Waals surface area (Å²) in [7, 11) is 5.89. The molecule has 0 bridgehead atoms. The number of ether oxygens (including phenoxy) is 6. The van der Waals surface area contributed by atoms with Gasteiger partial charge in [-0.25, -0.2) is 14.4 Å². The summed E-state index contributed by atoms with van der Waals surface area (Å²) in [6.45, 7) is 11.9. The molecule has 2 aliphatic rings. The molecule has 0 heterocycles. The molecule has 0 saturated heterocycles. The zero-order valence-corrected chi connectivity index (χ0v) is 32.0. The van der Waals surface area contributed by atoms with Gasteiger partial charge in [0.05, 0.1) is 28.4 Å². The third kappa shape index (κ3) is 9.60. The summed E-state index contributed by atoms with van der Waals surface area (Å²) in [6, 6.07) is 9.40. The molecule has 0 radical (unpaired) electrons. The normalized spacial score (nSPS) is 25.9. The zero-order chi connectivity index (χ0) is 38.2. The maximum atomic E-state index is 13.7. The molecule has 6 unspecified atom stereocenters. The quantitative estimate of drug-likeness (QED) is 0.106. The lowest BCUT2D eigenvalue weighted by Crippen LogP contribution is -2.53. The molecule has 0 aliphatic heterocycles. The third-order valence-electron chi connectivity index (χ3n) is 10.7. The Morgan fingerprint density at radius 3 is 1.33 bits per heavy atom. The summed E-state index contributed by atoms with van der Waals surface area (Å²) >= 11 is 0. The summed E-state index contributed by atoms with van der Waals surface area (Å²) in [4.78, 5) is 62.3. The molecule has 2 fully saturated rings. The van der Waals surface area contributed by atoms with E-state index in [1.807, 2.05) is 0 Å². The minimum atomic E-state index is -1.20. The minimum absolute atomic E-state index is 0.142. The summed E-state index contributed by atoms with van der Waals surface area (Å²) in [6.07, 6.45) is 0.786. The van der Waals surface area contributed by atoms with Gasteiger partial charge in [-0.1, -0.05) is 27.7 Å². The first kappa shape index (κ1) is 40.5. The van der Waals surface area contributed by atoms with E-state index in [9.17, 15) is 14.4 Å². The number of hydrogen-bond donors (Lipinski definition) is 0. The monoisotopic (exact) mass is 730 g/mol. The van der Waals surface area contributed by atoms with E-state index in [1.54, 1.807) is 38.1 Å². The first-order valence-corrected chi connectivity index (χ1v) is 17.8. The average Bonchev–Trinajstić information content (AvgIpc) is 3.12. The van der Waals surface area contributed by atoms with Crippen molar-refractivity contribution in [2.24, 2.45) is 23.7 Å². The summed E-state index contributed by atoms with van der Waals surface area (Å²) in [5.41, 5.74) is -2.12. The van der Waals surface area contributed by atoms with Gasteiger partial charge in [0.1, 0.15) is 57.5 Å². The van der Waals surface area contributed by atoms with Crippen LogP contribution in [0.2, 0.25) is 0 Å². The summed E-state index contributed by atoms with van der Waals surface area (Å²) in [5, 5.41) is 0. The number of carbonyl (C=O) groups is 3. The van der Waals surface area contributed by atoms with Gasteiger partial charge in [0.2, 0.25) is 0 Å². The Bertz CT molecular complexity index is 1430. The van der Waals surface area contributed by atoms with E-state index in [2.05, 4.69) is 27.7 Å². The van der Waals surface area contributed by atoms with Crippen LogP contribution in [0, 0.1) is 23.7 Å². The summed E-state index contributed by atoms with van der Waals surface area (Å²) in [5.74, 6) is 1.07. The molecule has 6 atom stereocenters. The zero-order valence-electron chi connectivity index (χ0n) is 32.0. The maximum Gasteiger partial charge on any atom is 0.509 e. The molecular formula is C39H54O13. The number of hydrogen-bond acceptors (Lipinski definition) is 13. The van der Waals surface area contributed by atoms with Crippen molar-refractivity contribution in [3.8, 4) is 23.0 Å². The highest BCUT2D eigenvalue weighted by Gasteiger charge is 2.50. The van der Waals surface area contributed by atoms with E-state index < -0.39 is 41.5 Å². The first-order chi connectivity index (χ1) is 24.7. The number of rotatable bonds is 14. The lowest BCUT2D eigenvalue weighted by Gasteiger charge is -2.45. The van der Waals surface area contributed by atoms with Crippen LogP contribution in [-0.4, -0.2) is 69.9 Å². The van der Waals surface area contributed by atoms with Crippen molar-refractivity contribution in [3.05, 3.63) is 47.5 Å². The maximum absolute atomic E-state index is 13.7. The highest BCUT2D eigenvalue weighted by Crippen LogP contribution is 2.43. The van der Waals surface area contributed by atoms with Crippen LogP contribution in [0.15, 0.2) is 36.4 Å². The molecule has 288 valence electrons. The van der Waals surface area contributed by atoms with Gasteiger partial charge >= 0.3 is 18.1 Å². The van der Waals surface area contributed by atoms with Crippen LogP contribution in [0.1, 0.15) is 101 Å². The van der Waals surface area contributed by atoms with E-state index >= 15 is 0 Å². The highest BCUT2D eigenvalue weighted by atomic mass is 17.2. The van der Waals surface area contributed by atoms with Crippen LogP contribution in [0.4, 0.5) is 4.79 Å². The van der Waals surface area contributed by atoms with Crippen molar-refractivity contribution in [2.75, 3.05) is 28.4 Å². The topological polar surface area (TPSA) is 144 Å². The molecule has 52 heavy (non-hydrogen) atoms. The van der Waals surface area contributed by atoms with Gasteiger partial charge < -0.3 is 28.4 Å². The third-order valence-corrected chi connectivity index (χ3v) is 10.7.